The fourth-order valence-electron chi connectivity index (χ4n) is 3.39. The van der Waals surface area contributed by atoms with E-state index < -0.39 is 25.3 Å². The van der Waals surface area contributed by atoms with Crippen molar-refractivity contribution in [1.82, 2.24) is 14.6 Å². The summed E-state index contributed by atoms with van der Waals surface area (Å²) in [6.07, 6.45) is 2.75. The first-order valence-corrected chi connectivity index (χ1v) is 12.0. The van der Waals surface area contributed by atoms with Gasteiger partial charge in [0.1, 0.15) is 30.5 Å². The largest absolute Gasteiger partial charge is 0.472 e. The molecule has 1 aromatic heterocycles. The van der Waals surface area contributed by atoms with Crippen molar-refractivity contribution in [1.29, 1.82) is 0 Å². The topological polar surface area (TPSA) is 130 Å². The molecule has 1 aromatic carbocycles. The molecule has 2 rings (SSSR count). The van der Waals surface area contributed by atoms with Crippen LogP contribution in [0.2, 0.25) is 0 Å². The van der Waals surface area contributed by atoms with E-state index in [9.17, 15) is 23.5 Å². The molecule has 194 valence electrons. The van der Waals surface area contributed by atoms with Crippen molar-refractivity contribution >= 4 is 28.5 Å². The molecule has 12 heteroatoms. The number of urea groups is 1. The second kappa shape index (κ2) is 14.5. The zero-order valence-corrected chi connectivity index (χ0v) is 20.8. The number of carbonyl (C=O) groups is 2. The van der Waals surface area contributed by atoms with Crippen LogP contribution in [0.15, 0.2) is 18.2 Å². The summed E-state index contributed by atoms with van der Waals surface area (Å²) < 4.78 is 35.8. The second-order valence-corrected chi connectivity index (χ2v) is 9.13. The molecule has 0 aliphatic rings. The lowest BCUT2D eigenvalue weighted by Gasteiger charge is -2.15. The molecule has 0 saturated heterocycles. The number of nitrogens with two attached hydrogens (primary N) is 1. The molecule has 5 N–H and O–H groups in total. The Kier molecular flexibility index (Phi) is 11.8. The molecule has 35 heavy (non-hydrogen) atoms. The molecular formula is C23H33F2N5O4S. The summed E-state index contributed by atoms with van der Waals surface area (Å²) in [5.74, 6) is -0.937. The van der Waals surface area contributed by atoms with E-state index in [1.54, 1.807) is 0 Å². The van der Waals surface area contributed by atoms with Gasteiger partial charge in [0.15, 0.2) is 0 Å². The van der Waals surface area contributed by atoms with Crippen LogP contribution >= 0.6 is 11.5 Å². The van der Waals surface area contributed by atoms with Crippen molar-refractivity contribution in [2.45, 2.75) is 51.7 Å². The van der Waals surface area contributed by atoms with Gasteiger partial charge in [-0.25, -0.2) is 13.6 Å². The summed E-state index contributed by atoms with van der Waals surface area (Å²) in [5.41, 5.74) is 6.50. The van der Waals surface area contributed by atoms with Crippen LogP contribution in [-0.2, 0) is 20.0 Å². The van der Waals surface area contributed by atoms with Crippen molar-refractivity contribution in [3.63, 3.8) is 0 Å². The van der Waals surface area contributed by atoms with Crippen LogP contribution in [0.1, 0.15) is 52.7 Å². The van der Waals surface area contributed by atoms with Crippen molar-refractivity contribution in [2.75, 3.05) is 32.5 Å². The van der Waals surface area contributed by atoms with Crippen LogP contribution in [0.4, 0.5) is 18.6 Å². The minimum Gasteiger partial charge on any atom is -0.472 e. The number of hydrogen-bond acceptors (Lipinski definition) is 7. The number of aliphatic hydroxyl groups is 1. The molecule has 0 spiro atoms. The number of aliphatic hydroxyl groups excluding tert-OH is 1. The Hall–Kier alpha value is -2.83. The number of rotatable bonds is 15. The first-order valence-electron chi connectivity index (χ1n) is 11.3. The number of hydrogen-bond donors (Lipinski definition) is 4. The summed E-state index contributed by atoms with van der Waals surface area (Å²) in [4.78, 5) is 26.1. The zero-order valence-electron chi connectivity index (χ0n) is 20.0. The lowest BCUT2D eigenvalue weighted by molar-refractivity contribution is 0.0996. The minimum absolute atomic E-state index is 0.0930. The summed E-state index contributed by atoms with van der Waals surface area (Å²) in [6, 6.07) is 3.93. The second-order valence-electron chi connectivity index (χ2n) is 8.36. The Balaban J connectivity index is 1.86. The number of aromatic nitrogens is 1. The highest BCUT2D eigenvalue weighted by Crippen LogP contribution is 2.31. The van der Waals surface area contributed by atoms with Gasteiger partial charge in [-0.1, -0.05) is 25.0 Å². The van der Waals surface area contributed by atoms with E-state index in [0.717, 1.165) is 30.8 Å². The number of benzene rings is 1. The third-order valence-electron chi connectivity index (χ3n) is 5.14. The summed E-state index contributed by atoms with van der Waals surface area (Å²) >= 11 is 0.827. The number of anilines is 1. The average molecular weight is 514 g/mol. The molecule has 0 bridgehead atoms. The number of unbranched alkanes of at least 4 members (excludes halogenated alkanes) is 2. The summed E-state index contributed by atoms with van der Waals surface area (Å²) in [6.45, 7) is -0.573. The predicted octanol–water partition coefficient (Wildman–Crippen LogP) is 3.36. The van der Waals surface area contributed by atoms with Gasteiger partial charge in [-0.2, -0.15) is 4.37 Å². The first kappa shape index (κ1) is 28.4. The van der Waals surface area contributed by atoms with Gasteiger partial charge < -0.3 is 25.8 Å². The van der Waals surface area contributed by atoms with Gasteiger partial charge in [0.2, 0.25) is 5.88 Å². The van der Waals surface area contributed by atoms with Crippen molar-refractivity contribution in [2.24, 2.45) is 5.73 Å². The van der Waals surface area contributed by atoms with Gasteiger partial charge in [0, 0.05) is 13.1 Å². The highest BCUT2D eigenvalue weighted by Gasteiger charge is 2.22. The summed E-state index contributed by atoms with van der Waals surface area (Å²) in [7, 11) is 3.81. The van der Waals surface area contributed by atoms with Gasteiger partial charge in [-0.05, 0) is 61.2 Å². The molecule has 3 amide bonds. The van der Waals surface area contributed by atoms with Gasteiger partial charge in [-0.3, -0.25) is 10.1 Å². The van der Waals surface area contributed by atoms with E-state index >= 15 is 0 Å². The minimum atomic E-state index is -0.844. The molecule has 2 aromatic rings. The first-order chi connectivity index (χ1) is 16.7. The predicted molar refractivity (Wildman–Crippen MR) is 131 cm³/mol. The van der Waals surface area contributed by atoms with E-state index in [1.165, 1.54) is 18.2 Å². The zero-order chi connectivity index (χ0) is 25.8. The summed E-state index contributed by atoms with van der Waals surface area (Å²) in [5, 5.41) is 15.2. The monoisotopic (exact) mass is 513 g/mol. The number of halogens is 2. The molecule has 1 unspecified atom stereocenters. The smallest absolute Gasteiger partial charge is 0.319 e. The molecule has 0 aliphatic heterocycles. The van der Waals surface area contributed by atoms with Crippen LogP contribution in [-0.4, -0.2) is 59.6 Å². The van der Waals surface area contributed by atoms with Crippen molar-refractivity contribution in [3.8, 4) is 5.88 Å². The lowest BCUT2D eigenvalue weighted by atomic mass is 10.1. The standard InChI is InChI=1S/C23H33F2N5O4S/c1-30(2)13-18(31)6-4-3-5-9-27-23(33)28-22-19(20(26)32)21(29-35-22)34-14-17-10-15(11-24)7-8-16(17)12-25/h7-8,10,18,31H,3-6,9,11-14H2,1-2H3,(H2,26,32)(H2,27,28,33). The van der Waals surface area contributed by atoms with Crippen LogP contribution < -0.4 is 21.1 Å². The van der Waals surface area contributed by atoms with Gasteiger partial charge in [0.25, 0.3) is 5.91 Å². The number of nitrogens with one attached hydrogen (secondary N) is 2. The number of amides is 3. The lowest BCUT2D eigenvalue weighted by Crippen LogP contribution is -2.30. The van der Waals surface area contributed by atoms with Crippen molar-refractivity contribution < 1.29 is 28.2 Å². The fraction of sp³-hybridized carbons (Fsp3) is 0.522. The third-order valence-corrected chi connectivity index (χ3v) is 5.89. The maximum atomic E-state index is 13.2. The Labute approximate surface area is 207 Å². The maximum absolute atomic E-state index is 13.2. The Bertz CT molecular complexity index is 973. The number of carbonyl (C=O) groups excluding carboxylic acids is 2. The molecule has 1 atom stereocenters. The van der Waals surface area contributed by atoms with E-state index in [2.05, 4.69) is 15.0 Å². The van der Waals surface area contributed by atoms with Gasteiger partial charge in [0.05, 0.1) is 6.10 Å². The van der Waals surface area contributed by atoms with Crippen LogP contribution in [0.3, 0.4) is 0 Å². The van der Waals surface area contributed by atoms with Crippen LogP contribution in [0.25, 0.3) is 0 Å². The molecule has 0 radical (unpaired) electrons. The molecule has 1 heterocycles. The average Bonchev–Trinajstić information content (AvgIpc) is 3.21. The van der Waals surface area contributed by atoms with E-state index in [4.69, 9.17) is 10.5 Å². The van der Waals surface area contributed by atoms with Gasteiger partial charge >= 0.3 is 6.03 Å². The van der Waals surface area contributed by atoms with Crippen LogP contribution in [0.5, 0.6) is 5.88 Å². The molecule has 0 aliphatic carbocycles. The highest BCUT2D eigenvalue weighted by atomic mass is 32.1. The SMILES string of the molecule is CN(C)CC(O)CCCCCNC(=O)Nc1snc(OCc2cc(CF)ccc2CF)c1C(N)=O. The molecule has 0 fully saturated rings. The molecular weight excluding hydrogens is 480 g/mol. The van der Waals surface area contributed by atoms with Crippen LogP contribution in [0, 0.1) is 0 Å². The number of ether oxygens (including phenoxy) is 1. The number of nitrogens with zero attached hydrogens (tertiary/aromatic N) is 2. The molecule has 9 nitrogen and oxygen atoms in total. The van der Waals surface area contributed by atoms with Gasteiger partial charge in [-0.15, -0.1) is 0 Å². The molecule has 0 saturated carbocycles. The number of likely N-dealkylation sites (N-methyl/N-ethyl adjacent to an activating group) is 1. The van der Waals surface area contributed by atoms with E-state index in [-0.39, 0.29) is 29.2 Å². The maximum Gasteiger partial charge on any atom is 0.319 e. The fourth-order valence-corrected chi connectivity index (χ4v) is 4.13. The van der Waals surface area contributed by atoms with E-state index in [1.807, 2.05) is 19.0 Å². The highest BCUT2D eigenvalue weighted by molar-refractivity contribution is 7.11. The van der Waals surface area contributed by atoms with Crippen molar-refractivity contribution in [3.05, 3.63) is 40.5 Å². The number of alkyl halides is 2. The quantitative estimate of drug-likeness (QED) is 0.270. The Morgan fingerprint density at radius 1 is 1.20 bits per heavy atom. The Morgan fingerprint density at radius 2 is 1.97 bits per heavy atom. The third kappa shape index (κ3) is 9.38. The normalized spacial score (nSPS) is 11.9. The number of primary amides is 1. The Morgan fingerprint density at radius 3 is 2.63 bits per heavy atom. The van der Waals surface area contributed by atoms with E-state index in [0.29, 0.717) is 36.2 Å².